The molecule has 1 aromatic heterocycles. The predicted octanol–water partition coefficient (Wildman–Crippen LogP) is 3.89. The minimum Gasteiger partial charge on any atom is -0.368 e. The van der Waals surface area contributed by atoms with Crippen LogP contribution in [-0.2, 0) is 10.0 Å². The van der Waals surface area contributed by atoms with Crippen LogP contribution in [0.15, 0.2) is 24.4 Å². The molecule has 2 aliphatic rings. The molecule has 1 aromatic carbocycles. The number of nitriles is 1. The maximum Gasteiger partial charge on any atom is 0.229 e. The van der Waals surface area contributed by atoms with Gasteiger partial charge in [-0.25, -0.2) is 13.4 Å². The Hall–Kier alpha value is -2.65. The molecule has 0 spiro atoms. The molecular formula is C26H37ClN8O2S. The van der Waals surface area contributed by atoms with Gasteiger partial charge in [0.1, 0.15) is 17.5 Å². The largest absolute Gasteiger partial charge is 0.368 e. The molecule has 2 N–H and O–H groups in total. The maximum absolute atomic E-state index is 11.8. The Kier molecular flexibility index (Phi) is 7.83. The molecule has 2 aromatic rings. The van der Waals surface area contributed by atoms with E-state index in [2.05, 4.69) is 71.2 Å². The first-order chi connectivity index (χ1) is 17.7. The van der Waals surface area contributed by atoms with Crippen molar-refractivity contribution in [2.45, 2.75) is 57.7 Å². The fourth-order valence-corrected chi connectivity index (χ4v) is 6.66. The van der Waals surface area contributed by atoms with E-state index in [0.717, 1.165) is 18.5 Å². The van der Waals surface area contributed by atoms with Crippen LogP contribution in [0.25, 0.3) is 0 Å². The van der Waals surface area contributed by atoms with Gasteiger partial charge in [0.05, 0.1) is 23.2 Å². The van der Waals surface area contributed by atoms with E-state index in [-0.39, 0.29) is 17.1 Å². The van der Waals surface area contributed by atoms with Crippen molar-refractivity contribution in [2.24, 2.45) is 0 Å². The van der Waals surface area contributed by atoms with E-state index in [4.69, 9.17) is 11.6 Å². The zero-order chi connectivity index (χ0) is 27.9. The Morgan fingerprint density at radius 1 is 1.11 bits per heavy atom. The summed E-state index contributed by atoms with van der Waals surface area (Å²) in [5, 5.41) is 16.9. The van der Waals surface area contributed by atoms with Gasteiger partial charge in [0.15, 0.2) is 0 Å². The van der Waals surface area contributed by atoms with Crippen LogP contribution in [0, 0.1) is 11.3 Å². The second-order valence-electron chi connectivity index (χ2n) is 11.4. The summed E-state index contributed by atoms with van der Waals surface area (Å²) in [4.78, 5) is 13.5. The highest BCUT2D eigenvalue weighted by molar-refractivity contribution is 7.88. The number of nitrogens with one attached hydrogen (secondary N) is 2. The van der Waals surface area contributed by atoms with E-state index < -0.39 is 10.0 Å². The summed E-state index contributed by atoms with van der Waals surface area (Å²) in [5.41, 5.74) is 1.95. The van der Waals surface area contributed by atoms with Gasteiger partial charge in [-0.05, 0) is 65.8 Å². The molecule has 0 unspecified atom stereocenters. The van der Waals surface area contributed by atoms with E-state index in [9.17, 15) is 13.7 Å². The Bertz CT molecular complexity index is 1320. The van der Waals surface area contributed by atoms with Gasteiger partial charge >= 0.3 is 0 Å². The second kappa shape index (κ2) is 10.5. The Morgan fingerprint density at radius 3 is 2.29 bits per heavy atom. The average molecular weight is 561 g/mol. The van der Waals surface area contributed by atoms with Crippen LogP contribution in [0.3, 0.4) is 0 Å². The molecule has 2 aliphatic heterocycles. The van der Waals surface area contributed by atoms with Gasteiger partial charge < -0.3 is 15.5 Å². The SMILES string of the molecule is CN1C(C)(C)CC(Nc2nc(Nc3ccc(N4CCN(S(C)(=O)=O)CC4)c(Cl)c3)ncc2C#N)CC1(C)C. The summed E-state index contributed by atoms with van der Waals surface area (Å²) in [5.74, 6) is 0.876. The smallest absolute Gasteiger partial charge is 0.229 e. The fraction of sp³-hybridized carbons (Fsp3) is 0.577. The lowest BCUT2D eigenvalue weighted by molar-refractivity contribution is -0.00773. The van der Waals surface area contributed by atoms with Crippen LogP contribution < -0.4 is 15.5 Å². The van der Waals surface area contributed by atoms with Gasteiger partial charge in [0, 0.05) is 49.0 Å². The molecule has 0 atom stereocenters. The maximum atomic E-state index is 11.8. The third-order valence-electron chi connectivity index (χ3n) is 7.81. The van der Waals surface area contributed by atoms with Crippen LogP contribution in [0.1, 0.15) is 46.1 Å². The number of piperazine rings is 1. The van der Waals surface area contributed by atoms with E-state index in [1.165, 1.54) is 16.8 Å². The second-order valence-corrected chi connectivity index (χ2v) is 13.8. The van der Waals surface area contributed by atoms with Gasteiger partial charge in [0.25, 0.3) is 0 Å². The highest BCUT2D eigenvalue weighted by Crippen LogP contribution is 2.38. The van der Waals surface area contributed by atoms with Gasteiger partial charge in [-0.3, -0.25) is 4.90 Å². The minimum atomic E-state index is -3.19. The van der Waals surface area contributed by atoms with Crippen molar-refractivity contribution in [3.8, 4) is 6.07 Å². The fourth-order valence-electron chi connectivity index (χ4n) is 5.53. The van der Waals surface area contributed by atoms with Crippen LogP contribution in [0.2, 0.25) is 5.02 Å². The molecule has 0 bridgehead atoms. The monoisotopic (exact) mass is 560 g/mol. The average Bonchev–Trinajstić information content (AvgIpc) is 2.82. The summed E-state index contributed by atoms with van der Waals surface area (Å²) in [6.45, 7) is 10.9. The molecule has 206 valence electrons. The molecular weight excluding hydrogens is 524 g/mol. The summed E-state index contributed by atoms with van der Waals surface area (Å²) < 4.78 is 25.1. The van der Waals surface area contributed by atoms with Crippen molar-refractivity contribution < 1.29 is 8.42 Å². The molecule has 0 aliphatic carbocycles. The number of sulfonamides is 1. The van der Waals surface area contributed by atoms with E-state index in [0.29, 0.717) is 54.2 Å². The molecule has 3 heterocycles. The molecule has 4 rings (SSSR count). The first kappa shape index (κ1) is 28.4. The van der Waals surface area contributed by atoms with Crippen molar-refractivity contribution in [3.05, 3.63) is 35.0 Å². The zero-order valence-electron chi connectivity index (χ0n) is 22.9. The van der Waals surface area contributed by atoms with Gasteiger partial charge in [-0.2, -0.15) is 14.6 Å². The highest BCUT2D eigenvalue weighted by Gasteiger charge is 2.43. The minimum absolute atomic E-state index is 0.00370. The Morgan fingerprint density at radius 2 is 1.74 bits per heavy atom. The number of hydrogen-bond donors (Lipinski definition) is 2. The van der Waals surface area contributed by atoms with Crippen LogP contribution >= 0.6 is 11.6 Å². The third kappa shape index (κ3) is 6.15. The number of rotatable bonds is 6. The summed E-state index contributed by atoms with van der Waals surface area (Å²) >= 11 is 6.61. The van der Waals surface area contributed by atoms with Crippen molar-refractivity contribution in [1.82, 2.24) is 19.2 Å². The molecule has 0 radical (unpaired) electrons. The number of likely N-dealkylation sites (tertiary alicyclic amines) is 1. The standard InChI is InChI=1S/C26H37ClN8O2S/c1-25(2)14-20(15-26(3,4)33(25)5)30-23-18(16-28)17-29-24(32-23)31-19-7-8-22(21(27)13-19)34-9-11-35(12-10-34)38(6,36)37/h7-8,13,17,20H,9-12,14-15H2,1-6H3,(H2,29,30,31,32). The van der Waals surface area contributed by atoms with Gasteiger partial charge in [-0.1, -0.05) is 11.6 Å². The number of halogens is 1. The van der Waals surface area contributed by atoms with E-state index in [1.807, 2.05) is 12.1 Å². The van der Waals surface area contributed by atoms with Gasteiger partial charge in [-0.15, -0.1) is 0 Å². The Balaban J connectivity index is 1.48. The van der Waals surface area contributed by atoms with E-state index in [1.54, 1.807) is 6.07 Å². The van der Waals surface area contributed by atoms with Crippen LogP contribution in [0.4, 0.5) is 23.1 Å². The molecule has 12 heteroatoms. The lowest BCUT2D eigenvalue weighted by atomic mass is 9.77. The zero-order valence-corrected chi connectivity index (χ0v) is 24.5. The molecule has 2 saturated heterocycles. The number of aromatic nitrogens is 2. The number of anilines is 4. The van der Waals surface area contributed by atoms with Crippen molar-refractivity contribution in [1.29, 1.82) is 5.26 Å². The van der Waals surface area contributed by atoms with Crippen molar-refractivity contribution in [2.75, 3.05) is 55.0 Å². The van der Waals surface area contributed by atoms with Crippen LogP contribution in [-0.4, -0.2) is 84.2 Å². The van der Waals surface area contributed by atoms with Crippen LogP contribution in [0.5, 0.6) is 0 Å². The first-order valence-corrected chi connectivity index (χ1v) is 15.0. The molecule has 0 amide bonds. The van der Waals surface area contributed by atoms with Gasteiger partial charge in [0.2, 0.25) is 16.0 Å². The number of piperidine rings is 1. The molecule has 0 saturated carbocycles. The molecule has 10 nitrogen and oxygen atoms in total. The number of benzene rings is 1. The Labute approximate surface area is 231 Å². The normalized spacial score (nSPS) is 20.6. The predicted molar refractivity (Wildman–Crippen MR) is 153 cm³/mol. The third-order valence-corrected chi connectivity index (χ3v) is 9.42. The van der Waals surface area contributed by atoms with E-state index >= 15 is 0 Å². The van der Waals surface area contributed by atoms with Crippen molar-refractivity contribution >= 4 is 44.8 Å². The first-order valence-electron chi connectivity index (χ1n) is 12.7. The lowest BCUT2D eigenvalue weighted by Crippen LogP contribution is -2.61. The highest BCUT2D eigenvalue weighted by atomic mass is 35.5. The number of hydrogen-bond acceptors (Lipinski definition) is 9. The topological polar surface area (TPSA) is 117 Å². The quantitative estimate of drug-likeness (QED) is 0.542. The summed E-state index contributed by atoms with van der Waals surface area (Å²) in [6.07, 6.45) is 4.60. The molecule has 38 heavy (non-hydrogen) atoms. The van der Waals surface area contributed by atoms with Crippen molar-refractivity contribution in [3.63, 3.8) is 0 Å². The summed E-state index contributed by atoms with van der Waals surface area (Å²) in [6, 6.07) is 7.95. The lowest BCUT2D eigenvalue weighted by Gasteiger charge is -2.53. The molecule has 2 fully saturated rings. The summed E-state index contributed by atoms with van der Waals surface area (Å²) in [7, 11) is -1.03. The number of nitrogens with zero attached hydrogens (tertiary/aromatic N) is 6.